The maximum Gasteiger partial charge on any atom is 1.00 e. The van der Waals surface area contributed by atoms with Crippen LogP contribution in [-0.2, 0) is 34.5 Å². The minimum absolute atomic E-state index is 0. The van der Waals surface area contributed by atoms with Gasteiger partial charge < -0.3 is 10.8 Å². The minimum Gasteiger partial charge on any atom is -0.871 e. The first-order chi connectivity index (χ1) is 15.7. The zero-order valence-corrected chi connectivity index (χ0v) is 22.3. The molecule has 13 nitrogen and oxygen atoms in total. The standard InChI is InChI=1S/C18H17N3O10S3.Na/c19-14-6-5-12-13(2-1-3-17(12)33(25,26)27)18(14)21-20-15-10-11(4-7-16(15)22)32(23,24)9-8-31-34(28,29)30;/h1-7,10,22H,8-9,19H2,(H,25,26,27)(H,28,29,30);/q;+1/p-1. The van der Waals surface area contributed by atoms with Crippen LogP contribution >= 0.6 is 0 Å². The van der Waals surface area contributed by atoms with Crippen molar-refractivity contribution in [2.24, 2.45) is 10.2 Å². The Hall–Kier alpha value is -2.15. The Balaban J connectivity index is 0.00000432. The van der Waals surface area contributed by atoms with Crippen molar-refractivity contribution in [3.63, 3.8) is 0 Å². The van der Waals surface area contributed by atoms with Gasteiger partial charge in [0.1, 0.15) is 10.6 Å². The van der Waals surface area contributed by atoms with Crippen LogP contribution in [0.2, 0.25) is 0 Å². The molecule has 35 heavy (non-hydrogen) atoms. The summed E-state index contributed by atoms with van der Waals surface area (Å²) in [6, 6.07) is 9.44. The molecule has 0 aliphatic carbocycles. The molecule has 0 heterocycles. The van der Waals surface area contributed by atoms with E-state index >= 15 is 0 Å². The van der Waals surface area contributed by atoms with Crippen LogP contribution in [0.25, 0.3) is 10.8 Å². The van der Waals surface area contributed by atoms with E-state index in [0.29, 0.717) is 0 Å². The van der Waals surface area contributed by atoms with E-state index in [1.807, 2.05) is 0 Å². The number of azo groups is 1. The molecule has 4 N–H and O–H groups in total. The number of anilines is 1. The average Bonchev–Trinajstić information content (AvgIpc) is 2.71. The Kier molecular flexibility index (Phi) is 9.02. The molecule has 0 aromatic heterocycles. The van der Waals surface area contributed by atoms with Crippen molar-refractivity contribution in [3.8, 4) is 5.75 Å². The summed E-state index contributed by atoms with van der Waals surface area (Å²) in [5, 5.41) is 20.1. The summed E-state index contributed by atoms with van der Waals surface area (Å²) in [4.78, 5) is -0.786. The van der Waals surface area contributed by atoms with Crippen LogP contribution in [0.5, 0.6) is 5.75 Å². The summed E-state index contributed by atoms with van der Waals surface area (Å²) >= 11 is 0. The summed E-state index contributed by atoms with van der Waals surface area (Å²) < 4.78 is 91.2. The minimum atomic E-state index is -4.83. The first-order valence-electron chi connectivity index (χ1n) is 9.05. The van der Waals surface area contributed by atoms with Gasteiger partial charge >= 0.3 is 40.0 Å². The largest absolute Gasteiger partial charge is 1.00 e. The molecule has 0 saturated heterocycles. The van der Waals surface area contributed by atoms with Crippen molar-refractivity contribution in [2.75, 3.05) is 18.1 Å². The van der Waals surface area contributed by atoms with Crippen LogP contribution < -0.4 is 40.4 Å². The van der Waals surface area contributed by atoms with Gasteiger partial charge in [-0.3, -0.25) is 9.11 Å². The molecule has 0 aliphatic rings. The van der Waals surface area contributed by atoms with Crippen molar-refractivity contribution in [2.45, 2.75) is 9.79 Å². The van der Waals surface area contributed by atoms with Gasteiger partial charge in [0.15, 0.2) is 9.84 Å². The van der Waals surface area contributed by atoms with Gasteiger partial charge in [-0.2, -0.15) is 21.9 Å². The first-order valence-corrected chi connectivity index (χ1v) is 13.5. The Labute approximate surface area is 222 Å². The quantitative estimate of drug-likeness (QED) is 0.129. The Morgan fingerprint density at radius 2 is 1.60 bits per heavy atom. The second kappa shape index (κ2) is 10.9. The molecular formula is C18H16N3NaO10S3. The van der Waals surface area contributed by atoms with E-state index in [1.54, 1.807) is 0 Å². The summed E-state index contributed by atoms with van der Waals surface area (Å²) in [7, 11) is -13.5. The fraction of sp³-hybridized carbons (Fsp3) is 0.111. The molecule has 17 heteroatoms. The number of hydrogen-bond acceptors (Lipinski definition) is 11. The fourth-order valence-corrected chi connectivity index (χ4v) is 5.12. The first kappa shape index (κ1) is 29.1. The SMILES string of the molecule is Nc1ccc2c(S(=O)(=O)O)cccc2c1N=Nc1cc(S(=O)(=O)CCOS(=O)(=O)O)ccc1[O-].[Na+]. The Bertz CT molecular complexity index is 1620. The number of benzene rings is 3. The monoisotopic (exact) mass is 553 g/mol. The Morgan fingerprint density at radius 1 is 0.914 bits per heavy atom. The maximum atomic E-state index is 12.4. The third-order valence-corrected chi connectivity index (χ3v) is 7.49. The number of rotatable bonds is 8. The van der Waals surface area contributed by atoms with Gasteiger partial charge in [-0.25, -0.2) is 12.6 Å². The zero-order chi connectivity index (χ0) is 25.3. The number of fused-ring (bicyclic) bond motifs is 1. The molecule has 3 aromatic rings. The summed E-state index contributed by atoms with van der Waals surface area (Å²) in [6.07, 6.45) is 0. The molecule has 3 rings (SSSR count). The number of hydrogen-bond donors (Lipinski definition) is 3. The summed E-state index contributed by atoms with van der Waals surface area (Å²) in [5.74, 6) is -1.52. The van der Waals surface area contributed by atoms with Crippen molar-refractivity contribution in [1.82, 2.24) is 0 Å². The molecule has 0 spiro atoms. The van der Waals surface area contributed by atoms with Crippen molar-refractivity contribution >= 4 is 58.2 Å². The van der Waals surface area contributed by atoms with Crippen molar-refractivity contribution < 1.29 is 73.2 Å². The average molecular weight is 554 g/mol. The normalized spacial score (nSPS) is 12.6. The van der Waals surface area contributed by atoms with Gasteiger partial charge in [0, 0.05) is 10.8 Å². The molecular weight excluding hydrogens is 537 g/mol. The predicted octanol–water partition coefficient (Wildman–Crippen LogP) is -1.25. The van der Waals surface area contributed by atoms with Crippen LogP contribution in [0.1, 0.15) is 0 Å². The van der Waals surface area contributed by atoms with Gasteiger partial charge in [0.25, 0.3) is 10.1 Å². The van der Waals surface area contributed by atoms with Crippen LogP contribution in [0.3, 0.4) is 0 Å². The van der Waals surface area contributed by atoms with Gasteiger partial charge in [-0.05, 0) is 24.3 Å². The summed E-state index contributed by atoms with van der Waals surface area (Å²) in [6.45, 7) is -0.861. The van der Waals surface area contributed by atoms with E-state index in [9.17, 15) is 34.9 Å². The third kappa shape index (κ3) is 7.18. The van der Waals surface area contributed by atoms with E-state index in [4.69, 9.17) is 10.3 Å². The van der Waals surface area contributed by atoms with Gasteiger partial charge in [-0.15, -0.1) is 5.11 Å². The molecule has 0 radical (unpaired) electrons. The van der Waals surface area contributed by atoms with E-state index in [0.717, 1.165) is 18.2 Å². The molecule has 0 aliphatic heterocycles. The molecule has 0 bridgehead atoms. The number of sulfone groups is 1. The second-order valence-corrected chi connectivity index (χ2v) is 11.3. The molecule has 3 aromatic carbocycles. The van der Waals surface area contributed by atoms with Gasteiger partial charge in [0.05, 0.1) is 28.6 Å². The topological polar surface area (TPSA) is 226 Å². The van der Waals surface area contributed by atoms with Crippen LogP contribution in [0.4, 0.5) is 17.1 Å². The fourth-order valence-electron chi connectivity index (χ4n) is 2.91. The number of nitrogens with zero attached hydrogens (tertiary/aromatic N) is 2. The maximum absolute atomic E-state index is 12.4. The molecule has 0 fully saturated rings. The molecule has 0 unspecified atom stereocenters. The molecule has 182 valence electrons. The van der Waals surface area contributed by atoms with Crippen LogP contribution in [0.15, 0.2) is 68.6 Å². The zero-order valence-electron chi connectivity index (χ0n) is 17.9. The van der Waals surface area contributed by atoms with Crippen LogP contribution in [0, 0.1) is 0 Å². The Morgan fingerprint density at radius 3 is 2.23 bits per heavy atom. The number of nitrogens with two attached hydrogens (primary N) is 1. The van der Waals surface area contributed by atoms with Crippen molar-refractivity contribution in [1.29, 1.82) is 0 Å². The molecule has 0 amide bonds. The van der Waals surface area contributed by atoms with E-state index in [1.165, 1.54) is 30.3 Å². The van der Waals surface area contributed by atoms with Crippen molar-refractivity contribution in [3.05, 3.63) is 48.5 Å². The van der Waals surface area contributed by atoms with Gasteiger partial charge in [-0.1, -0.05) is 30.0 Å². The number of nitrogen functional groups attached to an aromatic ring is 1. The molecule has 0 saturated carbocycles. The van der Waals surface area contributed by atoms with E-state index in [-0.39, 0.29) is 56.6 Å². The second-order valence-electron chi connectivity index (χ2n) is 6.73. The van der Waals surface area contributed by atoms with E-state index < -0.39 is 59.0 Å². The smallest absolute Gasteiger partial charge is 0.871 e. The van der Waals surface area contributed by atoms with Crippen LogP contribution in [-0.4, -0.2) is 46.7 Å². The molecule has 0 atom stereocenters. The van der Waals surface area contributed by atoms with Gasteiger partial charge in [0.2, 0.25) is 0 Å². The summed E-state index contributed by atoms with van der Waals surface area (Å²) in [5.41, 5.74) is 5.54. The third-order valence-electron chi connectivity index (χ3n) is 4.43. The predicted molar refractivity (Wildman–Crippen MR) is 118 cm³/mol. The van der Waals surface area contributed by atoms with E-state index in [2.05, 4.69) is 14.4 Å².